The molecule has 7 nitrogen and oxygen atoms in total. The van der Waals surface area contributed by atoms with E-state index in [1.54, 1.807) is 11.3 Å². The van der Waals surface area contributed by atoms with Crippen molar-refractivity contribution in [2.24, 2.45) is 5.92 Å². The van der Waals surface area contributed by atoms with E-state index in [-0.39, 0.29) is 30.2 Å². The normalized spacial score (nSPS) is 16.2. The van der Waals surface area contributed by atoms with Crippen molar-refractivity contribution < 1.29 is 14.0 Å². The monoisotopic (exact) mass is 408 g/mol. The van der Waals surface area contributed by atoms with Crippen molar-refractivity contribution in [3.8, 4) is 10.8 Å². The van der Waals surface area contributed by atoms with Crippen LogP contribution in [0.15, 0.2) is 15.7 Å². The van der Waals surface area contributed by atoms with Crippen molar-refractivity contribution in [1.82, 2.24) is 20.8 Å². The molecule has 1 aliphatic carbocycles. The van der Waals surface area contributed by atoms with Crippen LogP contribution in [0.3, 0.4) is 0 Å². The third-order valence-corrected chi connectivity index (χ3v) is 6.21. The number of amides is 2. The fraction of sp³-hybridized carbons (Fsp3) is 0.556. The number of thiophene rings is 1. The van der Waals surface area contributed by atoms with Crippen LogP contribution in [0.1, 0.15) is 37.6 Å². The third kappa shape index (κ3) is 5.55. The van der Waals surface area contributed by atoms with Crippen LogP contribution in [0.25, 0.3) is 10.8 Å². The van der Waals surface area contributed by atoms with E-state index in [1.165, 1.54) is 28.6 Å². The van der Waals surface area contributed by atoms with Crippen LogP contribution < -0.4 is 10.6 Å². The lowest BCUT2D eigenvalue weighted by Gasteiger charge is -2.16. The number of hydrogen-bond acceptors (Lipinski definition) is 7. The van der Waals surface area contributed by atoms with Gasteiger partial charge < -0.3 is 15.1 Å². The summed E-state index contributed by atoms with van der Waals surface area (Å²) in [7, 11) is 0. The molecule has 0 unspecified atom stereocenters. The van der Waals surface area contributed by atoms with Crippen LogP contribution in [0.4, 0.5) is 0 Å². The molecule has 1 aliphatic rings. The summed E-state index contributed by atoms with van der Waals surface area (Å²) < 4.78 is 5.69. The minimum atomic E-state index is -0.251. The van der Waals surface area contributed by atoms with Crippen molar-refractivity contribution in [2.75, 3.05) is 12.3 Å². The summed E-state index contributed by atoms with van der Waals surface area (Å²) in [4.78, 5) is 25.8. The zero-order valence-corrected chi connectivity index (χ0v) is 17.3. The molecule has 0 saturated carbocycles. The van der Waals surface area contributed by atoms with Crippen LogP contribution in [0.2, 0.25) is 0 Å². The molecule has 3 rings (SSSR count). The zero-order chi connectivity index (χ0) is 19.4. The van der Waals surface area contributed by atoms with Crippen LogP contribution in [-0.4, -0.2) is 40.4 Å². The summed E-state index contributed by atoms with van der Waals surface area (Å²) in [5.74, 6) is 0.879. The molecule has 2 heterocycles. The lowest BCUT2D eigenvalue weighted by atomic mass is 9.90. The van der Waals surface area contributed by atoms with E-state index in [0.717, 1.165) is 23.6 Å². The Balaban J connectivity index is 1.50. The first-order valence-electron chi connectivity index (χ1n) is 9.05. The zero-order valence-electron chi connectivity index (χ0n) is 15.7. The molecule has 9 heteroatoms. The molecule has 0 bridgehead atoms. The summed E-state index contributed by atoms with van der Waals surface area (Å²) in [6.07, 6.45) is 3.44. The maximum absolute atomic E-state index is 11.8. The number of nitrogens with zero attached hydrogens (tertiary/aromatic N) is 2. The standard InChI is InChI=1S/C18H24N4O3S2/c1-10(2)20-15(23)8-19-16(24)9-26-18-22-21-17(25-18)14-7-12-6-11(3)4-5-13(12)27-14/h7,10-11H,4-6,8-9H2,1-3H3,(H,19,24)(H,20,23)/t11-/m1/s1. The Morgan fingerprint density at radius 2 is 2.19 bits per heavy atom. The molecule has 0 aliphatic heterocycles. The number of rotatable bonds is 7. The topological polar surface area (TPSA) is 97.1 Å². The van der Waals surface area contributed by atoms with Gasteiger partial charge in [-0.25, -0.2) is 0 Å². The van der Waals surface area contributed by atoms with Crippen molar-refractivity contribution in [2.45, 2.75) is 51.3 Å². The van der Waals surface area contributed by atoms with E-state index in [9.17, 15) is 9.59 Å². The number of hydrogen-bond donors (Lipinski definition) is 2. The Kier molecular flexibility index (Phi) is 6.54. The fourth-order valence-electron chi connectivity index (χ4n) is 2.91. The molecule has 2 aromatic rings. The first-order chi connectivity index (χ1) is 12.9. The largest absolute Gasteiger partial charge is 0.410 e. The van der Waals surface area contributed by atoms with Gasteiger partial charge >= 0.3 is 0 Å². The van der Waals surface area contributed by atoms with Gasteiger partial charge in [-0.1, -0.05) is 18.7 Å². The lowest BCUT2D eigenvalue weighted by molar-refractivity contribution is -0.125. The van der Waals surface area contributed by atoms with E-state index in [2.05, 4.69) is 33.8 Å². The van der Waals surface area contributed by atoms with Crippen LogP contribution >= 0.6 is 23.1 Å². The highest BCUT2D eigenvalue weighted by Gasteiger charge is 2.21. The number of fused-ring (bicyclic) bond motifs is 1. The van der Waals surface area contributed by atoms with Gasteiger partial charge in [-0.3, -0.25) is 9.59 Å². The second kappa shape index (κ2) is 8.88. The van der Waals surface area contributed by atoms with Gasteiger partial charge in [-0.2, -0.15) is 0 Å². The number of aryl methyl sites for hydroxylation is 1. The van der Waals surface area contributed by atoms with E-state index >= 15 is 0 Å². The predicted octanol–water partition coefficient (Wildman–Crippen LogP) is 2.66. The Bertz CT molecular complexity index is 815. The molecule has 27 heavy (non-hydrogen) atoms. The molecule has 0 aromatic carbocycles. The average molecular weight is 409 g/mol. The number of carbonyl (C=O) groups is 2. The molecule has 0 spiro atoms. The van der Waals surface area contributed by atoms with E-state index in [1.807, 2.05) is 13.8 Å². The van der Waals surface area contributed by atoms with Gasteiger partial charge in [0.15, 0.2) is 0 Å². The Morgan fingerprint density at radius 1 is 1.37 bits per heavy atom. The van der Waals surface area contributed by atoms with Crippen molar-refractivity contribution in [3.63, 3.8) is 0 Å². The molecule has 0 saturated heterocycles. The lowest BCUT2D eigenvalue weighted by Crippen LogP contribution is -2.40. The number of thioether (sulfide) groups is 1. The SMILES string of the molecule is CC(C)NC(=O)CNC(=O)CSc1nnc(-c2cc3c(s2)CC[C@@H](C)C3)o1. The second-order valence-electron chi connectivity index (χ2n) is 7.07. The van der Waals surface area contributed by atoms with Gasteiger partial charge in [0, 0.05) is 10.9 Å². The van der Waals surface area contributed by atoms with Crippen molar-refractivity contribution >= 4 is 34.9 Å². The van der Waals surface area contributed by atoms with E-state index < -0.39 is 0 Å². The van der Waals surface area contributed by atoms with Gasteiger partial charge in [0.1, 0.15) is 0 Å². The second-order valence-corrected chi connectivity index (χ2v) is 9.13. The van der Waals surface area contributed by atoms with Gasteiger partial charge in [0.05, 0.1) is 17.2 Å². The minimum Gasteiger partial charge on any atom is -0.410 e. The molecular weight excluding hydrogens is 384 g/mol. The number of aromatic nitrogens is 2. The molecule has 0 radical (unpaired) electrons. The summed E-state index contributed by atoms with van der Waals surface area (Å²) in [6, 6.07) is 2.20. The fourth-order valence-corrected chi connectivity index (χ4v) is 4.63. The van der Waals surface area contributed by atoms with Gasteiger partial charge in [-0.15, -0.1) is 21.5 Å². The third-order valence-electron chi connectivity index (χ3n) is 4.17. The van der Waals surface area contributed by atoms with E-state index in [4.69, 9.17) is 4.42 Å². The summed E-state index contributed by atoms with van der Waals surface area (Å²) in [6.45, 7) is 5.98. The van der Waals surface area contributed by atoms with E-state index in [0.29, 0.717) is 11.1 Å². The Hall–Kier alpha value is -1.87. The summed E-state index contributed by atoms with van der Waals surface area (Å²) in [5.41, 5.74) is 1.39. The van der Waals surface area contributed by atoms with Crippen LogP contribution in [-0.2, 0) is 22.4 Å². The Morgan fingerprint density at radius 3 is 2.96 bits per heavy atom. The number of carbonyl (C=O) groups excluding carboxylic acids is 2. The first kappa shape index (κ1) is 19.9. The molecule has 2 N–H and O–H groups in total. The first-order valence-corrected chi connectivity index (χ1v) is 10.8. The quantitative estimate of drug-likeness (QED) is 0.684. The predicted molar refractivity (Wildman–Crippen MR) is 106 cm³/mol. The smallest absolute Gasteiger partial charge is 0.277 e. The Labute approximate surface area is 166 Å². The van der Waals surface area contributed by atoms with Crippen molar-refractivity contribution in [3.05, 3.63) is 16.5 Å². The highest BCUT2D eigenvalue weighted by molar-refractivity contribution is 7.99. The molecular formula is C18H24N4O3S2. The molecule has 2 aromatic heterocycles. The minimum absolute atomic E-state index is 0.0359. The maximum Gasteiger partial charge on any atom is 0.277 e. The molecule has 0 fully saturated rings. The van der Waals surface area contributed by atoms with Crippen LogP contribution in [0, 0.1) is 5.92 Å². The highest BCUT2D eigenvalue weighted by atomic mass is 32.2. The summed E-state index contributed by atoms with van der Waals surface area (Å²) in [5, 5.41) is 13.8. The van der Waals surface area contributed by atoms with Gasteiger partial charge in [0.25, 0.3) is 11.1 Å². The molecule has 1 atom stereocenters. The van der Waals surface area contributed by atoms with Gasteiger partial charge in [0.2, 0.25) is 11.8 Å². The molecule has 146 valence electrons. The average Bonchev–Trinajstić information content (AvgIpc) is 3.23. The van der Waals surface area contributed by atoms with Crippen molar-refractivity contribution in [1.29, 1.82) is 0 Å². The van der Waals surface area contributed by atoms with Gasteiger partial charge in [-0.05, 0) is 50.7 Å². The molecule has 2 amide bonds. The maximum atomic E-state index is 11.8. The number of nitrogens with one attached hydrogen (secondary N) is 2. The highest BCUT2D eigenvalue weighted by Crippen LogP contribution is 2.37. The van der Waals surface area contributed by atoms with Crippen LogP contribution in [0.5, 0.6) is 0 Å². The summed E-state index contributed by atoms with van der Waals surface area (Å²) >= 11 is 2.88.